The van der Waals surface area contributed by atoms with Crippen molar-refractivity contribution < 1.29 is 4.79 Å². The van der Waals surface area contributed by atoms with Crippen molar-refractivity contribution in [2.24, 2.45) is 5.92 Å². The smallest absolute Gasteiger partial charge is 0.251 e. The fourth-order valence-electron chi connectivity index (χ4n) is 3.00. The largest absolute Gasteiger partial charge is 0.353 e. The van der Waals surface area contributed by atoms with E-state index in [2.05, 4.69) is 58.6 Å². The second-order valence-electron chi connectivity index (χ2n) is 6.87. The van der Waals surface area contributed by atoms with E-state index in [1.54, 1.807) is 12.3 Å². The van der Waals surface area contributed by atoms with Crippen LogP contribution in [-0.2, 0) is 0 Å². The first kappa shape index (κ1) is 17.4. The molecule has 0 saturated carbocycles. The number of nitrogens with zero attached hydrogens (tertiary/aromatic N) is 2. The molecule has 1 aromatic heterocycles. The lowest BCUT2D eigenvalue weighted by Crippen LogP contribution is -2.46. The van der Waals surface area contributed by atoms with Gasteiger partial charge in [0.2, 0.25) is 0 Å². The highest BCUT2D eigenvalue weighted by molar-refractivity contribution is 5.94. The van der Waals surface area contributed by atoms with E-state index in [1.807, 2.05) is 12.1 Å². The van der Waals surface area contributed by atoms with E-state index in [1.165, 1.54) is 5.56 Å². The van der Waals surface area contributed by atoms with Crippen molar-refractivity contribution in [1.82, 2.24) is 15.6 Å². The Hall–Kier alpha value is -2.40. The van der Waals surface area contributed by atoms with Crippen LogP contribution in [0, 0.1) is 5.92 Å². The van der Waals surface area contributed by atoms with E-state index >= 15 is 0 Å². The number of anilines is 1. The van der Waals surface area contributed by atoms with Gasteiger partial charge in [0.05, 0.1) is 0 Å². The minimum Gasteiger partial charge on any atom is -0.353 e. The first-order valence-corrected chi connectivity index (χ1v) is 8.91. The van der Waals surface area contributed by atoms with E-state index in [0.29, 0.717) is 18.0 Å². The Morgan fingerprint density at radius 3 is 2.88 bits per heavy atom. The number of amides is 1. The minimum atomic E-state index is -0.0351. The number of carbonyl (C=O) groups excluding carboxylic acids is 1. The van der Waals surface area contributed by atoms with E-state index in [0.717, 1.165) is 25.5 Å². The summed E-state index contributed by atoms with van der Waals surface area (Å²) in [5, 5.41) is 6.52. The Bertz CT molecular complexity index is 702. The Morgan fingerprint density at radius 2 is 2.12 bits per heavy atom. The monoisotopic (exact) mass is 338 g/mol. The quantitative estimate of drug-likeness (QED) is 0.880. The van der Waals surface area contributed by atoms with E-state index < -0.39 is 0 Å². The molecule has 1 aliphatic rings. The number of rotatable bonds is 5. The molecule has 1 amide bonds. The Balaban J connectivity index is 1.71. The van der Waals surface area contributed by atoms with Gasteiger partial charge in [-0.1, -0.05) is 44.2 Å². The summed E-state index contributed by atoms with van der Waals surface area (Å²) in [6.45, 7) is 7.47. The molecule has 132 valence electrons. The SMILES string of the molecule is CC(C)CNC(=O)c1ccnc(N2CCN[C@H](c3ccccc3)C2)c1. The normalized spacial score (nSPS) is 17.6. The van der Waals surface area contributed by atoms with Crippen molar-refractivity contribution in [2.45, 2.75) is 19.9 Å². The summed E-state index contributed by atoms with van der Waals surface area (Å²) in [5.41, 5.74) is 1.94. The molecule has 1 atom stereocenters. The zero-order valence-electron chi connectivity index (χ0n) is 14.9. The number of piperazine rings is 1. The molecule has 1 fully saturated rings. The molecule has 0 spiro atoms. The number of hydrogen-bond donors (Lipinski definition) is 2. The minimum absolute atomic E-state index is 0.0351. The summed E-state index contributed by atoms with van der Waals surface area (Å²) < 4.78 is 0. The summed E-state index contributed by atoms with van der Waals surface area (Å²) in [6, 6.07) is 14.4. The molecule has 1 saturated heterocycles. The lowest BCUT2D eigenvalue weighted by molar-refractivity contribution is 0.0949. The summed E-state index contributed by atoms with van der Waals surface area (Å²) in [5.74, 6) is 1.26. The van der Waals surface area contributed by atoms with Crippen LogP contribution in [0.25, 0.3) is 0 Å². The van der Waals surface area contributed by atoms with Gasteiger partial charge in [0.15, 0.2) is 0 Å². The van der Waals surface area contributed by atoms with Crippen molar-refractivity contribution >= 4 is 11.7 Å². The van der Waals surface area contributed by atoms with Crippen LogP contribution in [0.3, 0.4) is 0 Å². The van der Waals surface area contributed by atoms with Crippen LogP contribution in [0.15, 0.2) is 48.7 Å². The van der Waals surface area contributed by atoms with Gasteiger partial charge in [-0.05, 0) is 23.6 Å². The lowest BCUT2D eigenvalue weighted by Gasteiger charge is -2.34. The molecule has 0 aliphatic carbocycles. The van der Waals surface area contributed by atoms with Crippen LogP contribution in [0.2, 0.25) is 0 Å². The van der Waals surface area contributed by atoms with Crippen molar-refractivity contribution in [3.8, 4) is 0 Å². The number of pyridine rings is 1. The highest BCUT2D eigenvalue weighted by atomic mass is 16.1. The zero-order chi connectivity index (χ0) is 17.6. The topological polar surface area (TPSA) is 57.3 Å². The third-order valence-corrected chi connectivity index (χ3v) is 4.38. The van der Waals surface area contributed by atoms with Gasteiger partial charge in [-0.25, -0.2) is 4.98 Å². The average Bonchev–Trinajstić information content (AvgIpc) is 2.67. The predicted molar refractivity (Wildman–Crippen MR) is 101 cm³/mol. The third kappa shape index (κ3) is 4.57. The molecule has 5 heteroatoms. The van der Waals surface area contributed by atoms with Crippen molar-refractivity contribution in [3.63, 3.8) is 0 Å². The number of hydrogen-bond acceptors (Lipinski definition) is 4. The first-order chi connectivity index (χ1) is 12.1. The van der Waals surface area contributed by atoms with Gasteiger partial charge in [0, 0.05) is 44.0 Å². The maximum atomic E-state index is 12.3. The molecule has 1 aliphatic heterocycles. The predicted octanol–water partition coefficient (Wildman–Crippen LogP) is 2.62. The molecule has 2 aromatic rings. The fourth-order valence-corrected chi connectivity index (χ4v) is 3.00. The molecular formula is C20H26N4O. The van der Waals surface area contributed by atoms with Gasteiger partial charge in [-0.15, -0.1) is 0 Å². The van der Waals surface area contributed by atoms with E-state index in [9.17, 15) is 4.79 Å². The number of benzene rings is 1. The summed E-state index contributed by atoms with van der Waals surface area (Å²) in [6.07, 6.45) is 1.72. The lowest BCUT2D eigenvalue weighted by atomic mass is 10.0. The molecule has 25 heavy (non-hydrogen) atoms. The maximum absolute atomic E-state index is 12.3. The number of nitrogens with one attached hydrogen (secondary N) is 2. The molecule has 3 rings (SSSR count). The van der Waals surface area contributed by atoms with E-state index in [-0.39, 0.29) is 11.9 Å². The molecule has 0 bridgehead atoms. The van der Waals surface area contributed by atoms with Crippen molar-refractivity contribution in [3.05, 3.63) is 59.8 Å². The van der Waals surface area contributed by atoms with Crippen LogP contribution < -0.4 is 15.5 Å². The van der Waals surface area contributed by atoms with Crippen LogP contribution >= 0.6 is 0 Å². The van der Waals surface area contributed by atoms with E-state index in [4.69, 9.17) is 0 Å². The van der Waals surface area contributed by atoms with Crippen LogP contribution in [-0.4, -0.2) is 37.1 Å². The Kier molecular flexibility index (Phi) is 5.66. The van der Waals surface area contributed by atoms with Gasteiger partial charge in [0.1, 0.15) is 5.82 Å². The Labute approximate surface area is 149 Å². The summed E-state index contributed by atoms with van der Waals surface area (Å²) in [4.78, 5) is 19.0. The van der Waals surface area contributed by atoms with Crippen LogP contribution in [0.1, 0.15) is 35.8 Å². The fraction of sp³-hybridized carbons (Fsp3) is 0.400. The van der Waals surface area contributed by atoms with Crippen LogP contribution in [0.5, 0.6) is 0 Å². The van der Waals surface area contributed by atoms with Gasteiger partial charge < -0.3 is 15.5 Å². The highest BCUT2D eigenvalue weighted by Crippen LogP contribution is 2.21. The van der Waals surface area contributed by atoms with Crippen LogP contribution in [0.4, 0.5) is 5.82 Å². The van der Waals surface area contributed by atoms with Gasteiger partial charge in [0.25, 0.3) is 5.91 Å². The molecule has 2 heterocycles. The number of carbonyl (C=O) groups is 1. The second kappa shape index (κ2) is 8.12. The molecule has 1 aromatic carbocycles. The molecule has 5 nitrogen and oxygen atoms in total. The standard InChI is InChI=1S/C20H26N4O/c1-15(2)13-23-20(25)17-8-9-22-19(12-17)24-11-10-21-18(14-24)16-6-4-3-5-7-16/h3-9,12,15,18,21H,10-11,13-14H2,1-2H3,(H,23,25)/t18-/m0/s1. The highest BCUT2D eigenvalue weighted by Gasteiger charge is 2.22. The molecule has 0 unspecified atom stereocenters. The summed E-state index contributed by atoms with van der Waals surface area (Å²) >= 11 is 0. The summed E-state index contributed by atoms with van der Waals surface area (Å²) in [7, 11) is 0. The molecular weight excluding hydrogens is 312 g/mol. The van der Waals surface area contributed by atoms with Gasteiger partial charge in [-0.3, -0.25) is 4.79 Å². The molecule has 2 N–H and O–H groups in total. The zero-order valence-corrected chi connectivity index (χ0v) is 14.9. The number of aromatic nitrogens is 1. The van der Waals surface area contributed by atoms with Gasteiger partial charge >= 0.3 is 0 Å². The average molecular weight is 338 g/mol. The Morgan fingerprint density at radius 1 is 1.32 bits per heavy atom. The maximum Gasteiger partial charge on any atom is 0.251 e. The van der Waals surface area contributed by atoms with Crippen molar-refractivity contribution in [1.29, 1.82) is 0 Å². The van der Waals surface area contributed by atoms with Gasteiger partial charge in [-0.2, -0.15) is 0 Å². The second-order valence-corrected chi connectivity index (χ2v) is 6.87. The first-order valence-electron chi connectivity index (χ1n) is 8.91. The van der Waals surface area contributed by atoms with Crippen molar-refractivity contribution in [2.75, 3.05) is 31.1 Å². The third-order valence-electron chi connectivity index (χ3n) is 4.38. The molecule has 0 radical (unpaired) electrons.